The van der Waals surface area contributed by atoms with Gasteiger partial charge in [0.05, 0.1) is 14.2 Å². The van der Waals surface area contributed by atoms with Crippen molar-refractivity contribution in [3.8, 4) is 11.1 Å². The van der Waals surface area contributed by atoms with Crippen LogP contribution in [0, 0.1) is 0 Å². The maximum absolute atomic E-state index is 11.7. The fraction of sp³-hybridized carbons (Fsp3) is 0.129. The predicted molar refractivity (Wildman–Crippen MR) is 282 cm³/mol. The Balaban J connectivity index is 1.05. The van der Waals surface area contributed by atoms with E-state index in [0.717, 1.165) is 93.2 Å². The second kappa shape index (κ2) is 23.3. The first-order valence-corrected chi connectivity index (χ1v) is 23.2. The first-order valence-electron chi connectivity index (χ1n) is 23.2. The first kappa shape index (κ1) is 46.3. The number of esters is 2. The van der Waals surface area contributed by atoms with Gasteiger partial charge in [0.2, 0.25) is 0 Å². The van der Waals surface area contributed by atoms with Crippen LogP contribution >= 0.6 is 0 Å². The number of anilines is 6. The molecule has 6 nitrogen and oxygen atoms in total. The minimum atomic E-state index is -0.182. The van der Waals surface area contributed by atoms with Crippen LogP contribution in [-0.2, 0) is 31.9 Å². The SMILES string of the molecule is COC(=O)CCCc1ccc(N(c2ccc(/C=C/c3ccccc3)cc2)c2ccc(-c3ccc(N(c4ccc(/C=C/c5ccccc5)cc4)c4ccc(CCCC(=O)OC)cc4)cc3)cc2)cc1. The molecule has 0 saturated carbocycles. The smallest absolute Gasteiger partial charge is 0.305 e. The topological polar surface area (TPSA) is 59.1 Å². The Morgan fingerprint density at radius 3 is 0.912 bits per heavy atom. The van der Waals surface area contributed by atoms with Crippen LogP contribution in [0.25, 0.3) is 35.4 Å². The number of methoxy groups -OCH3 is 2. The highest BCUT2D eigenvalue weighted by Crippen LogP contribution is 2.39. The highest BCUT2D eigenvalue weighted by atomic mass is 16.5. The Labute approximate surface area is 401 Å². The second-order valence-corrected chi connectivity index (χ2v) is 16.6. The van der Waals surface area contributed by atoms with E-state index in [1.165, 1.54) is 25.3 Å². The van der Waals surface area contributed by atoms with E-state index in [4.69, 9.17) is 9.47 Å². The van der Waals surface area contributed by atoms with Crippen molar-refractivity contribution in [1.29, 1.82) is 0 Å². The summed E-state index contributed by atoms with van der Waals surface area (Å²) >= 11 is 0. The van der Waals surface area contributed by atoms with Crippen LogP contribution in [0.2, 0.25) is 0 Å². The Kier molecular flexibility index (Phi) is 15.9. The third-order valence-corrected chi connectivity index (χ3v) is 12.0. The molecule has 6 heteroatoms. The first-order chi connectivity index (χ1) is 33.4. The molecule has 0 spiro atoms. The molecule has 0 N–H and O–H groups in total. The summed E-state index contributed by atoms with van der Waals surface area (Å²) in [6.07, 6.45) is 12.4. The van der Waals surface area contributed by atoms with Gasteiger partial charge in [-0.25, -0.2) is 0 Å². The third kappa shape index (κ3) is 12.6. The maximum Gasteiger partial charge on any atom is 0.305 e. The zero-order chi connectivity index (χ0) is 46.9. The Morgan fingerprint density at radius 1 is 0.353 bits per heavy atom. The minimum Gasteiger partial charge on any atom is -0.469 e. The average Bonchev–Trinajstić information content (AvgIpc) is 3.40. The van der Waals surface area contributed by atoms with E-state index in [1.54, 1.807) is 0 Å². The van der Waals surface area contributed by atoms with Gasteiger partial charge >= 0.3 is 11.9 Å². The molecule has 8 rings (SSSR count). The molecule has 0 amide bonds. The van der Waals surface area contributed by atoms with E-state index in [0.29, 0.717) is 12.8 Å². The molecule has 0 bridgehead atoms. The average molecular weight is 893 g/mol. The number of ether oxygens (including phenoxy) is 2. The molecule has 8 aromatic carbocycles. The van der Waals surface area contributed by atoms with Crippen LogP contribution in [0.15, 0.2) is 206 Å². The molecule has 0 aliphatic carbocycles. The number of hydrogen-bond donors (Lipinski definition) is 0. The predicted octanol–water partition coefficient (Wildman–Crippen LogP) is 15.6. The summed E-state index contributed by atoms with van der Waals surface area (Å²) in [6.45, 7) is 0. The molecule has 0 aliphatic rings. The number of hydrogen-bond acceptors (Lipinski definition) is 6. The van der Waals surface area contributed by atoms with Crippen LogP contribution in [-0.4, -0.2) is 26.2 Å². The lowest BCUT2D eigenvalue weighted by Crippen LogP contribution is -2.10. The number of aryl methyl sites for hydroxylation is 2. The second-order valence-electron chi connectivity index (χ2n) is 16.6. The van der Waals surface area contributed by atoms with Gasteiger partial charge in [0.15, 0.2) is 0 Å². The normalized spacial score (nSPS) is 11.1. The van der Waals surface area contributed by atoms with Gasteiger partial charge in [-0.05, 0) is 143 Å². The lowest BCUT2D eigenvalue weighted by Gasteiger charge is -2.26. The Hall–Kier alpha value is -8.22. The summed E-state index contributed by atoms with van der Waals surface area (Å²) in [4.78, 5) is 28.0. The summed E-state index contributed by atoms with van der Waals surface area (Å²) in [7, 11) is 2.87. The van der Waals surface area contributed by atoms with Crippen molar-refractivity contribution in [2.45, 2.75) is 38.5 Å². The molecular weight excluding hydrogens is 837 g/mol. The monoisotopic (exact) mass is 892 g/mol. The molecule has 0 aliphatic heterocycles. The van der Waals surface area contributed by atoms with E-state index in [-0.39, 0.29) is 11.9 Å². The molecular formula is C62H56N2O4. The van der Waals surface area contributed by atoms with Crippen molar-refractivity contribution in [3.63, 3.8) is 0 Å². The van der Waals surface area contributed by atoms with Crippen LogP contribution < -0.4 is 9.80 Å². The summed E-state index contributed by atoms with van der Waals surface area (Å²) in [5.74, 6) is -0.365. The maximum atomic E-state index is 11.7. The van der Waals surface area contributed by atoms with Gasteiger partial charge in [-0.1, -0.05) is 158 Å². The van der Waals surface area contributed by atoms with Gasteiger partial charge in [-0.2, -0.15) is 0 Å². The summed E-state index contributed by atoms with van der Waals surface area (Å²) in [5.41, 5.74) is 15.4. The van der Waals surface area contributed by atoms with Gasteiger partial charge in [0.25, 0.3) is 0 Å². The number of carbonyl (C=O) groups excluding carboxylic acids is 2. The lowest BCUT2D eigenvalue weighted by atomic mass is 10.0. The van der Waals surface area contributed by atoms with Crippen molar-refractivity contribution >= 4 is 70.4 Å². The van der Waals surface area contributed by atoms with Gasteiger partial charge < -0.3 is 19.3 Å². The molecule has 0 heterocycles. The van der Waals surface area contributed by atoms with Crippen LogP contribution in [0.3, 0.4) is 0 Å². The van der Waals surface area contributed by atoms with Gasteiger partial charge in [0, 0.05) is 47.0 Å². The third-order valence-electron chi connectivity index (χ3n) is 12.0. The molecule has 68 heavy (non-hydrogen) atoms. The van der Waals surface area contributed by atoms with Crippen LogP contribution in [0.4, 0.5) is 34.1 Å². The van der Waals surface area contributed by atoms with Crippen LogP contribution in [0.1, 0.15) is 59.1 Å². The number of rotatable bonds is 19. The number of nitrogens with zero attached hydrogens (tertiary/aromatic N) is 2. The van der Waals surface area contributed by atoms with Crippen molar-refractivity contribution in [1.82, 2.24) is 0 Å². The summed E-state index contributed by atoms with van der Waals surface area (Å²) in [6, 6.07) is 72.6. The number of carbonyl (C=O) groups is 2. The van der Waals surface area contributed by atoms with Crippen molar-refractivity contribution in [3.05, 3.63) is 240 Å². The molecule has 0 aromatic heterocycles. The van der Waals surface area contributed by atoms with Crippen molar-refractivity contribution in [2.24, 2.45) is 0 Å². The van der Waals surface area contributed by atoms with Gasteiger partial charge in [-0.3, -0.25) is 9.59 Å². The van der Waals surface area contributed by atoms with E-state index in [9.17, 15) is 9.59 Å². The molecule has 0 unspecified atom stereocenters. The fourth-order valence-electron chi connectivity index (χ4n) is 8.18. The Bertz CT molecular complexity index is 2690. The quantitative estimate of drug-likeness (QED) is 0.0595. The zero-order valence-corrected chi connectivity index (χ0v) is 38.7. The Morgan fingerprint density at radius 2 is 0.618 bits per heavy atom. The van der Waals surface area contributed by atoms with Crippen molar-refractivity contribution < 1.29 is 19.1 Å². The highest BCUT2D eigenvalue weighted by Gasteiger charge is 2.16. The van der Waals surface area contributed by atoms with E-state index in [2.05, 4.69) is 204 Å². The fourth-order valence-corrected chi connectivity index (χ4v) is 8.18. The van der Waals surface area contributed by atoms with Gasteiger partial charge in [-0.15, -0.1) is 0 Å². The number of benzene rings is 8. The molecule has 338 valence electrons. The summed E-state index contributed by atoms with van der Waals surface area (Å²) in [5, 5.41) is 0. The molecule has 0 atom stereocenters. The van der Waals surface area contributed by atoms with Gasteiger partial charge in [0.1, 0.15) is 0 Å². The van der Waals surface area contributed by atoms with E-state index < -0.39 is 0 Å². The lowest BCUT2D eigenvalue weighted by molar-refractivity contribution is -0.141. The highest BCUT2D eigenvalue weighted by molar-refractivity contribution is 5.82. The largest absolute Gasteiger partial charge is 0.469 e. The molecule has 0 saturated heterocycles. The molecule has 8 aromatic rings. The molecule has 0 fully saturated rings. The summed E-state index contributed by atoms with van der Waals surface area (Å²) < 4.78 is 9.69. The zero-order valence-electron chi connectivity index (χ0n) is 38.7. The van der Waals surface area contributed by atoms with Crippen molar-refractivity contribution in [2.75, 3.05) is 24.0 Å². The van der Waals surface area contributed by atoms with E-state index in [1.807, 2.05) is 36.4 Å². The molecule has 0 radical (unpaired) electrons. The van der Waals surface area contributed by atoms with Crippen LogP contribution in [0.5, 0.6) is 0 Å². The minimum absolute atomic E-state index is 0.182. The van der Waals surface area contributed by atoms with E-state index >= 15 is 0 Å². The standard InChI is InChI=1S/C62H56N2O4/c1-67-61(65)17-9-15-49-23-35-55(36-24-49)63(57-39-27-51(28-40-57)21-19-47-11-5-3-6-12-47)59-43-31-53(32-44-59)54-33-45-60(46-34-54)64(56-37-25-50(26-38-56)16-10-18-62(66)68-2)58-41-29-52(30-42-58)22-20-48-13-7-4-8-14-48/h3-8,11-14,19-46H,9-10,15-18H2,1-2H3/b21-19+,22-20+.